The Hall–Kier alpha value is -1.24. The Bertz CT molecular complexity index is 753. The van der Waals surface area contributed by atoms with E-state index in [0.717, 1.165) is 12.0 Å². The molecule has 132 valence electrons. The molecular formula is C17H23ClFN3OS. The molecule has 1 heterocycles. The second-order valence-electron chi connectivity index (χ2n) is 7.13. The van der Waals surface area contributed by atoms with Crippen LogP contribution in [0.25, 0.3) is 0 Å². The van der Waals surface area contributed by atoms with Gasteiger partial charge in [-0.3, -0.25) is 9.78 Å². The van der Waals surface area contributed by atoms with Crippen molar-refractivity contribution >= 4 is 23.8 Å². The highest BCUT2D eigenvalue weighted by molar-refractivity contribution is 7.71. The monoisotopic (exact) mass is 371 g/mol. The molecular weight excluding hydrogens is 349 g/mol. The fourth-order valence-corrected chi connectivity index (χ4v) is 3.07. The quantitative estimate of drug-likeness (QED) is 0.733. The van der Waals surface area contributed by atoms with Crippen LogP contribution in [0.1, 0.15) is 39.2 Å². The van der Waals surface area contributed by atoms with E-state index in [0.29, 0.717) is 29.2 Å². The molecule has 1 atom stereocenters. The van der Waals surface area contributed by atoms with Gasteiger partial charge in [-0.15, -0.1) is 0 Å². The Labute approximate surface area is 151 Å². The zero-order valence-electron chi connectivity index (χ0n) is 14.1. The maximum atomic E-state index is 13.1. The summed E-state index contributed by atoms with van der Waals surface area (Å²) < 4.78 is 15.2. The van der Waals surface area contributed by atoms with Crippen molar-refractivity contribution in [3.63, 3.8) is 0 Å². The first kappa shape index (κ1) is 19.1. The van der Waals surface area contributed by atoms with Crippen LogP contribution in [0, 0.1) is 16.0 Å². The predicted molar refractivity (Wildman–Crippen MR) is 96.2 cm³/mol. The summed E-state index contributed by atoms with van der Waals surface area (Å²) in [6, 6.07) is 4.41. The number of aliphatic hydroxyl groups is 1. The van der Waals surface area contributed by atoms with Crippen LogP contribution in [0.2, 0.25) is 5.02 Å². The van der Waals surface area contributed by atoms with E-state index in [1.54, 1.807) is 10.7 Å². The minimum Gasteiger partial charge on any atom is -0.387 e. The van der Waals surface area contributed by atoms with Crippen molar-refractivity contribution in [2.75, 3.05) is 0 Å². The molecule has 1 aromatic heterocycles. The zero-order valence-corrected chi connectivity index (χ0v) is 15.7. The van der Waals surface area contributed by atoms with E-state index in [9.17, 15) is 9.50 Å². The number of aryl methyl sites for hydroxylation is 1. The molecule has 0 saturated heterocycles. The smallest absolute Gasteiger partial charge is 0.215 e. The summed E-state index contributed by atoms with van der Waals surface area (Å²) in [7, 11) is 0. The number of halogens is 2. The Morgan fingerprint density at radius 3 is 2.62 bits per heavy atom. The highest BCUT2D eigenvalue weighted by Crippen LogP contribution is 2.36. The van der Waals surface area contributed by atoms with E-state index >= 15 is 0 Å². The lowest BCUT2D eigenvalue weighted by molar-refractivity contribution is -0.0813. The molecule has 2 N–H and O–H groups in total. The molecule has 0 amide bonds. The zero-order chi connectivity index (χ0) is 18.0. The Kier molecular flexibility index (Phi) is 5.83. The van der Waals surface area contributed by atoms with Crippen molar-refractivity contribution in [1.82, 2.24) is 14.8 Å². The number of nitrogens with zero attached hydrogens (tertiary/aromatic N) is 2. The summed E-state index contributed by atoms with van der Waals surface area (Å²) in [6.45, 7) is 6.33. The molecule has 24 heavy (non-hydrogen) atoms. The van der Waals surface area contributed by atoms with Gasteiger partial charge in [-0.25, -0.2) is 9.37 Å². The van der Waals surface area contributed by atoms with Crippen LogP contribution in [-0.4, -0.2) is 25.5 Å². The first-order valence-corrected chi connectivity index (χ1v) is 8.67. The van der Waals surface area contributed by atoms with E-state index < -0.39 is 5.60 Å². The lowest BCUT2D eigenvalue weighted by Gasteiger charge is -2.40. The number of aromatic amines is 1. The molecule has 0 aliphatic carbocycles. The first-order chi connectivity index (χ1) is 11.1. The van der Waals surface area contributed by atoms with Gasteiger partial charge >= 0.3 is 0 Å². The molecule has 1 unspecified atom stereocenters. The van der Waals surface area contributed by atoms with Gasteiger partial charge in [0.15, 0.2) is 0 Å². The van der Waals surface area contributed by atoms with Crippen LogP contribution >= 0.6 is 23.8 Å². The van der Waals surface area contributed by atoms with E-state index in [1.165, 1.54) is 18.5 Å². The van der Waals surface area contributed by atoms with Crippen molar-refractivity contribution in [2.45, 2.75) is 52.2 Å². The normalized spacial score (nSPS) is 14.6. The van der Waals surface area contributed by atoms with Crippen LogP contribution in [0.4, 0.5) is 4.39 Å². The number of hydrogen-bond acceptors (Lipinski definition) is 3. The van der Waals surface area contributed by atoms with Crippen molar-refractivity contribution in [2.24, 2.45) is 5.41 Å². The Morgan fingerprint density at radius 1 is 1.38 bits per heavy atom. The van der Waals surface area contributed by atoms with Crippen LogP contribution in [0.5, 0.6) is 0 Å². The number of aromatic nitrogens is 3. The molecule has 0 fully saturated rings. The molecule has 7 heteroatoms. The molecule has 0 spiro atoms. The third kappa shape index (κ3) is 4.43. The van der Waals surface area contributed by atoms with E-state index in [2.05, 4.69) is 10.1 Å². The molecule has 4 nitrogen and oxygen atoms in total. The van der Waals surface area contributed by atoms with Crippen molar-refractivity contribution in [1.29, 1.82) is 0 Å². The van der Waals surface area contributed by atoms with Crippen molar-refractivity contribution in [3.8, 4) is 0 Å². The fourth-order valence-electron chi connectivity index (χ4n) is 2.64. The van der Waals surface area contributed by atoms with Gasteiger partial charge in [0.25, 0.3) is 0 Å². The number of rotatable bonds is 6. The lowest BCUT2D eigenvalue weighted by Crippen LogP contribution is -2.46. The molecule has 2 rings (SSSR count). The second kappa shape index (κ2) is 7.33. The predicted octanol–water partition coefficient (Wildman–Crippen LogP) is 4.53. The van der Waals surface area contributed by atoms with E-state index in [4.69, 9.17) is 23.8 Å². The van der Waals surface area contributed by atoms with Gasteiger partial charge in [0.2, 0.25) is 4.77 Å². The molecule has 1 aromatic carbocycles. The van der Waals surface area contributed by atoms with Gasteiger partial charge in [0.1, 0.15) is 12.1 Å². The van der Waals surface area contributed by atoms with Crippen molar-refractivity contribution in [3.05, 3.63) is 45.7 Å². The van der Waals surface area contributed by atoms with Crippen LogP contribution in [-0.2, 0) is 13.0 Å². The number of nitrogens with one attached hydrogen (secondary N) is 1. The third-order valence-corrected chi connectivity index (χ3v) is 5.16. The number of H-pyrrole nitrogens is 1. The summed E-state index contributed by atoms with van der Waals surface area (Å²) in [6.07, 6.45) is 3.47. The van der Waals surface area contributed by atoms with Gasteiger partial charge in [0, 0.05) is 5.02 Å². The van der Waals surface area contributed by atoms with Crippen LogP contribution in [0.3, 0.4) is 0 Å². The average Bonchev–Trinajstić information content (AvgIpc) is 2.85. The number of hydrogen-bond donors (Lipinski definition) is 2. The first-order valence-electron chi connectivity index (χ1n) is 7.89. The second-order valence-corrected chi connectivity index (χ2v) is 7.90. The van der Waals surface area contributed by atoms with Gasteiger partial charge in [0.05, 0.1) is 12.1 Å². The van der Waals surface area contributed by atoms with E-state index in [1.807, 2.05) is 20.8 Å². The summed E-state index contributed by atoms with van der Waals surface area (Å²) in [5, 5.41) is 14.6. The summed E-state index contributed by atoms with van der Waals surface area (Å²) >= 11 is 11.2. The van der Waals surface area contributed by atoms with Crippen molar-refractivity contribution < 1.29 is 9.50 Å². The average molecular weight is 372 g/mol. The topological polar surface area (TPSA) is 53.8 Å². The third-order valence-electron chi connectivity index (χ3n) is 4.49. The summed E-state index contributed by atoms with van der Waals surface area (Å²) in [5.41, 5.74) is -0.434. The Balaban J connectivity index is 2.09. The SMILES string of the molecule is CC(C)(C)C(O)(CCCc1ccc(F)cc1Cl)Cn1[nH]cnc1=S. The maximum absolute atomic E-state index is 13.1. The van der Waals surface area contributed by atoms with Crippen LogP contribution < -0.4 is 0 Å². The molecule has 0 aliphatic rings. The molecule has 0 bridgehead atoms. The van der Waals surface area contributed by atoms with Gasteiger partial charge in [-0.2, -0.15) is 0 Å². The minimum absolute atomic E-state index is 0.340. The molecule has 0 saturated carbocycles. The van der Waals surface area contributed by atoms with Gasteiger partial charge in [-0.05, 0) is 54.6 Å². The molecule has 0 aliphatic heterocycles. The number of benzene rings is 1. The largest absolute Gasteiger partial charge is 0.387 e. The van der Waals surface area contributed by atoms with Gasteiger partial charge < -0.3 is 5.11 Å². The van der Waals surface area contributed by atoms with E-state index in [-0.39, 0.29) is 11.2 Å². The van der Waals surface area contributed by atoms with Gasteiger partial charge in [-0.1, -0.05) is 38.4 Å². The summed E-state index contributed by atoms with van der Waals surface area (Å²) in [4.78, 5) is 3.99. The standard InChI is InChI=1S/C17H23ClFN3OS/c1-16(2,3)17(23,10-22-15(24)20-11-21-22)8-4-5-12-6-7-13(19)9-14(12)18/h6-7,9,11,23H,4-5,8,10H2,1-3H3,(H,20,21,24). The Morgan fingerprint density at radius 2 is 2.08 bits per heavy atom. The summed E-state index contributed by atoms with van der Waals surface area (Å²) in [5.74, 6) is -0.344. The highest BCUT2D eigenvalue weighted by Gasteiger charge is 2.40. The van der Waals surface area contributed by atoms with Crippen LogP contribution in [0.15, 0.2) is 24.5 Å². The fraction of sp³-hybridized carbons (Fsp3) is 0.529. The minimum atomic E-state index is -0.968. The maximum Gasteiger partial charge on any atom is 0.215 e. The lowest BCUT2D eigenvalue weighted by atomic mass is 9.73. The molecule has 2 aromatic rings. The highest BCUT2D eigenvalue weighted by atomic mass is 35.5. The molecule has 0 radical (unpaired) electrons.